The number of fused-ring (bicyclic) bond motifs is 1. The van der Waals surface area contributed by atoms with Gasteiger partial charge in [-0.3, -0.25) is 4.79 Å². The molecular formula is C16H20ClNO2S. The second-order valence-electron chi connectivity index (χ2n) is 4.82. The van der Waals surface area contributed by atoms with Gasteiger partial charge in [0.05, 0.1) is 5.02 Å². The first kappa shape index (κ1) is 16.3. The Labute approximate surface area is 134 Å². The Bertz CT molecular complexity index is 597. The lowest BCUT2D eigenvalue weighted by Crippen LogP contribution is -2.24. The lowest BCUT2D eigenvalue weighted by atomic mass is 10.2. The minimum absolute atomic E-state index is 0.102. The number of amides is 1. The highest BCUT2D eigenvalue weighted by Gasteiger charge is 2.16. The van der Waals surface area contributed by atoms with Crippen LogP contribution in [0.15, 0.2) is 24.3 Å². The molecule has 1 heterocycles. The average Bonchev–Trinajstić information content (AvgIpc) is 2.84. The van der Waals surface area contributed by atoms with Crippen LogP contribution in [0.1, 0.15) is 35.9 Å². The molecule has 1 N–H and O–H groups in total. The first-order valence-corrected chi connectivity index (χ1v) is 8.46. The van der Waals surface area contributed by atoms with Crippen LogP contribution in [0, 0.1) is 0 Å². The summed E-state index contributed by atoms with van der Waals surface area (Å²) in [6, 6.07) is 7.79. The van der Waals surface area contributed by atoms with Gasteiger partial charge in [0, 0.05) is 29.8 Å². The van der Waals surface area contributed by atoms with Gasteiger partial charge < -0.3 is 10.1 Å². The van der Waals surface area contributed by atoms with Crippen molar-refractivity contribution < 1.29 is 9.53 Å². The zero-order valence-electron chi connectivity index (χ0n) is 12.2. The average molecular weight is 326 g/mol. The van der Waals surface area contributed by atoms with E-state index in [1.54, 1.807) is 0 Å². The van der Waals surface area contributed by atoms with Crippen LogP contribution in [0.5, 0.6) is 0 Å². The first-order chi connectivity index (χ1) is 10.2. The van der Waals surface area contributed by atoms with Crippen molar-refractivity contribution in [1.29, 1.82) is 0 Å². The largest absolute Gasteiger partial charge is 0.381 e. The summed E-state index contributed by atoms with van der Waals surface area (Å²) in [5.74, 6) is -0.102. The Morgan fingerprint density at radius 3 is 2.81 bits per heavy atom. The van der Waals surface area contributed by atoms with E-state index in [1.165, 1.54) is 11.3 Å². The Hall–Kier alpha value is -1.10. The maximum Gasteiger partial charge on any atom is 0.262 e. The highest BCUT2D eigenvalue weighted by Crippen LogP contribution is 2.34. The zero-order valence-corrected chi connectivity index (χ0v) is 13.7. The second-order valence-corrected chi connectivity index (χ2v) is 6.25. The summed E-state index contributed by atoms with van der Waals surface area (Å²) >= 11 is 7.71. The molecule has 0 bridgehead atoms. The molecule has 0 aliphatic heterocycles. The highest BCUT2D eigenvalue weighted by atomic mass is 35.5. The van der Waals surface area contributed by atoms with Crippen LogP contribution >= 0.6 is 22.9 Å². The number of halogens is 1. The van der Waals surface area contributed by atoms with Gasteiger partial charge in [-0.25, -0.2) is 0 Å². The molecular weight excluding hydrogens is 306 g/mol. The number of carbonyl (C=O) groups excluding carboxylic acids is 1. The number of ether oxygens (including phenoxy) is 1. The van der Waals surface area contributed by atoms with Crippen molar-refractivity contribution in [3.8, 4) is 0 Å². The molecule has 1 aromatic heterocycles. The molecule has 0 saturated carbocycles. The van der Waals surface area contributed by atoms with E-state index < -0.39 is 0 Å². The predicted molar refractivity (Wildman–Crippen MR) is 89.5 cm³/mol. The molecule has 0 fully saturated rings. The molecule has 2 aromatic rings. The molecule has 0 saturated heterocycles. The molecule has 0 radical (unpaired) electrons. The van der Waals surface area contributed by atoms with Gasteiger partial charge >= 0.3 is 0 Å². The number of rotatable bonds is 8. The van der Waals surface area contributed by atoms with Crippen molar-refractivity contribution >= 4 is 38.9 Å². The van der Waals surface area contributed by atoms with Crippen LogP contribution < -0.4 is 5.32 Å². The Morgan fingerprint density at radius 1 is 1.29 bits per heavy atom. The SMILES string of the molecule is CCCCOCCCNC(=O)c1sc2ccccc2c1Cl. The molecule has 21 heavy (non-hydrogen) atoms. The van der Waals surface area contributed by atoms with Gasteiger partial charge in [-0.15, -0.1) is 11.3 Å². The maximum absolute atomic E-state index is 12.1. The molecule has 0 unspecified atom stereocenters. The Balaban J connectivity index is 1.81. The molecule has 1 aromatic carbocycles. The van der Waals surface area contributed by atoms with Gasteiger partial charge in [0.2, 0.25) is 0 Å². The molecule has 0 spiro atoms. The van der Waals surface area contributed by atoms with Crippen LogP contribution in [0.3, 0.4) is 0 Å². The van der Waals surface area contributed by atoms with Gasteiger partial charge in [-0.2, -0.15) is 0 Å². The van der Waals surface area contributed by atoms with E-state index in [0.717, 1.165) is 36.0 Å². The molecule has 3 nitrogen and oxygen atoms in total. The third kappa shape index (κ3) is 4.43. The summed E-state index contributed by atoms with van der Waals surface area (Å²) in [6.07, 6.45) is 3.04. The fraction of sp³-hybridized carbons (Fsp3) is 0.438. The molecule has 1 amide bonds. The monoisotopic (exact) mass is 325 g/mol. The highest BCUT2D eigenvalue weighted by molar-refractivity contribution is 7.21. The number of nitrogens with one attached hydrogen (secondary N) is 1. The molecule has 0 aliphatic rings. The third-order valence-electron chi connectivity index (χ3n) is 3.13. The number of thiophene rings is 1. The van der Waals surface area contributed by atoms with E-state index in [0.29, 0.717) is 23.1 Å². The number of hydrogen-bond acceptors (Lipinski definition) is 3. The smallest absolute Gasteiger partial charge is 0.262 e. The van der Waals surface area contributed by atoms with Crippen LogP contribution in [-0.2, 0) is 4.74 Å². The normalized spacial score (nSPS) is 11.0. The summed E-state index contributed by atoms with van der Waals surface area (Å²) in [4.78, 5) is 12.7. The quantitative estimate of drug-likeness (QED) is 0.726. The van der Waals surface area contributed by atoms with Crippen LogP contribution in [0.2, 0.25) is 5.02 Å². The van der Waals surface area contributed by atoms with E-state index in [2.05, 4.69) is 12.2 Å². The van der Waals surface area contributed by atoms with Gasteiger partial charge in [0.25, 0.3) is 5.91 Å². The second kappa shape index (κ2) is 8.37. The van der Waals surface area contributed by atoms with Gasteiger partial charge in [0.1, 0.15) is 4.88 Å². The van der Waals surface area contributed by atoms with Crippen molar-refractivity contribution in [1.82, 2.24) is 5.32 Å². The number of unbranched alkanes of at least 4 members (excludes halogenated alkanes) is 1. The minimum atomic E-state index is -0.102. The topological polar surface area (TPSA) is 38.3 Å². The van der Waals surface area contributed by atoms with E-state index in [9.17, 15) is 4.79 Å². The predicted octanol–water partition coefficient (Wildman–Crippen LogP) is 4.49. The number of benzene rings is 1. The number of hydrogen-bond donors (Lipinski definition) is 1. The van der Waals surface area contributed by atoms with Crippen molar-refractivity contribution in [3.63, 3.8) is 0 Å². The van der Waals surface area contributed by atoms with Crippen LogP contribution in [0.4, 0.5) is 0 Å². The van der Waals surface area contributed by atoms with Crippen molar-refractivity contribution in [2.75, 3.05) is 19.8 Å². The van der Waals surface area contributed by atoms with Crippen LogP contribution in [0.25, 0.3) is 10.1 Å². The lowest BCUT2D eigenvalue weighted by Gasteiger charge is -2.05. The van der Waals surface area contributed by atoms with Crippen molar-refractivity contribution in [2.45, 2.75) is 26.2 Å². The minimum Gasteiger partial charge on any atom is -0.381 e. The zero-order chi connectivity index (χ0) is 15.1. The first-order valence-electron chi connectivity index (χ1n) is 7.27. The molecule has 114 valence electrons. The summed E-state index contributed by atoms with van der Waals surface area (Å²) in [7, 11) is 0. The molecule has 2 rings (SSSR count). The molecule has 0 atom stereocenters. The van der Waals surface area contributed by atoms with Crippen molar-refractivity contribution in [2.24, 2.45) is 0 Å². The fourth-order valence-electron chi connectivity index (χ4n) is 1.96. The van der Waals surface area contributed by atoms with E-state index in [1.807, 2.05) is 24.3 Å². The summed E-state index contributed by atoms with van der Waals surface area (Å²) in [5, 5.41) is 4.39. The van der Waals surface area contributed by atoms with Gasteiger partial charge in [-0.05, 0) is 18.9 Å². The molecule has 0 aliphatic carbocycles. The van der Waals surface area contributed by atoms with Gasteiger partial charge in [0.15, 0.2) is 0 Å². The molecule has 5 heteroatoms. The summed E-state index contributed by atoms with van der Waals surface area (Å²) < 4.78 is 6.50. The van der Waals surface area contributed by atoms with Gasteiger partial charge in [-0.1, -0.05) is 43.1 Å². The van der Waals surface area contributed by atoms with E-state index in [4.69, 9.17) is 16.3 Å². The van der Waals surface area contributed by atoms with E-state index in [-0.39, 0.29) is 5.91 Å². The Morgan fingerprint density at radius 2 is 2.05 bits per heavy atom. The summed E-state index contributed by atoms with van der Waals surface area (Å²) in [5.41, 5.74) is 0. The number of carbonyl (C=O) groups is 1. The third-order valence-corrected chi connectivity index (χ3v) is 4.81. The lowest BCUT2D eigenvalue weighted by molar-refractivity contribution is 0.0944. The van der Waals surface area contributed by atoms with Crippen molar-refractivity contribution in [3.05, 3.63) is 34.2 Å². The maximum atomic E-state index is 12.1. The fourth-order valence-corrected chi connectivity index (χ4v) is 3.40. The Kier molecular flexibility index (Phi) is 6.49. The summed E-state index contributed by atoms with van der Waals surface area (Å²) in [6.45, 7) is 4.22. The standard InChI is InChI=1S/C16H20ClNO2S/c1-2-3-10-20-11-6-9-18-16(19)15-14(17)12-7-4-5-8-13(12)21-15/h4-5,7-8H,2-3,6,9-11H2,1H3,(H,18,19). The van der Waals surface area contributed by atoms with E-state index >= 15 is 0 Å². The van der Waals surface area contributed by atoms with Crippen LogP contribution in [-0.4, -0.2) is 25.7 Å².